The van der Waals surface area contributed by atoms with Crippen molar-refractivity contribution in [2.24, 2.45) is 0 Å². The predicted molar refractivity (Wildman–Crippen MR) is 84.0 cm³/mol. The first-order valence-electron chi connectivity index (χ1n) is 5.86. The van der Waals surface area contributed by atoms with E-state index in [2.05, 4.69) is 15.5 Å². The number of benzene rings is 2. The minimum absolute atomic E-state index is 0.303. The Balaban J connectivity index is 2.18. The summed E-state index contributed by atoms with van der Waals surface area (Å²) in [6, 6.07) is 10.5. The van der Waals surface area contributed by atoms with Crippen LogP contribution in [0.5, 0.6) is 0 Å². The van der Waals surface area contributed by atoms with E-state index in [1.54, 1.807) is 18.2 Å². The summed E-state index contributed by atoms with van der Waals surface area (Å²) in [5.41, 5.74) is 7.48. The standard InChI is InChI=1S/C13H8Cl3N5/c14-8-3-1-2-4-11(8)21-13(18-19-20-21)7-5-9(15)12(16)10(17)6-7/h1-6H,17H2. The molecule has 0 amide bonds. The van der Waals surface area contributed by atoms with E-state index in [4.69, 9.17) is 40.5 Å². The molecular formula is C13H8Cl3N5. The van der Waals surface area contributed by atoms with Gasteiger partial charge in [0.1, 0.15) is 0 Å². The third-order valence-electron chi connectivity index (χ3n) is 2.86. The predicted octanol–water partition coefficient (Wildman–Crippen LogP) is 3.87. The molecule has 2 N–H and O–H groups in total. The lowest BCUT2D eigenvalue weighted by Gasteiger charge is -2.08. The first-order valence-corrected chi connectivity index (χ1v) is 6.99. The van der Waals surface area contributed by atoms with Crippen LogP contribution in [0, 0.1) is 0 Å². The summed E-state index contributed by atoms with van der Waals surface area (Å²) in [4.78, 5) is 0. The van der Waals surface area contributed by atoms with Crippen LogP contribution in [0.4, 0.5) is 5.69 Å². The smallest absolute Gasteiger partial charge is 0.187 e. The number of halogens is 3. The number of nitrogen functional groups attached to an aromatic ring is 1. The van der Waals surface area contributed by atoms with Crippen LogP contribution >= 0.6 is 34.8 Å². The van der Waals surface area contributed by atoms with E-state index in [0.717, 1.165) is 0 Å². The molecule has 21 heavy (non-hydrogen) atoms. The molecule has 3 rings (SSSR count). The molecule has 0 aliphatic carbocycles. The highest BCUT2D eigenvalue weighted by atomic mass is 35.5. The lowest BCUT2D eigenvalue weighted by molar-refractivity contribution is 0.791. The van der Waals surface area contributed by atoms with E-state index in [9.17, 15) is 0 Å². The van der Waals surface area contributed by atoms with Crippen LogP contribution in [-0.2, 0) is 0 Å². The maximum absolute atomic E-state index is 6.17. The molecule has 0 saturated heterocycles. The minimum atomic E-state index is 0.303. The van der Waals surface area contributed by atoms with Crippen molar-refractivity contribution >= 4 is 40.5 Å². The van der Waals surface area contributed by atoms with Crippen molar-refractivity contribution in [3.63, 3.8) is 0 Å². The molecule has 106 valence electrons. The molecule has 1 aromatic heterocycles. The summed E-state index contributed by atoms with van der Waals surface area (Å²) in [7, 11) is 0. The van der Waals surface area contributed by atoms with Crippen molar-refractivity contribution in [2.45, 2.75) is 0 Å². The van der Waals surface area contributed by atoms with Crippen molar-refractivity contribution < 1.29 is 0 Å². The monoisotopic (exact) mass is 339 g/mol. The van der Waals surface area contributed by atoms with Crippen LogP contribution in [0.1, 0.15) is 0 Å². The maximum Gasteiger partial charge on any atom is 0.187 e. The molecule has 0 unspecified atom stereocenters. The van der Waals surface area contributed by atoms with Crippen molar-refractivity contribution in [1.82, 2.24) is 20.2 Å². The lowest BCUT2D eigenvalue weighted by atomic mass is 10.2. The number of hydrogen-bond donors (Lipinski definition) is 1. The van der Waals surface area contributed by atoms with Crippen LogP contribution in [-0.4, -0.2) is 20.2 Å². The molecule has 2 aromatic carbocycles. The van der Waals surface area contributed by atoms with Gasteiger partial charge in [0.15, 0.2) is 5.82 Å². The summed E-state index contributed by atoms with van der Waals surface area (Å²) >= 11 is 18.2. The molecule has 0 fully saturated rings. The second-order valence-electron chi connectivity index (χ2n) is 4.23. The lowest BCUT2D eigenvalue weighted by Crippen LogP contribution is -2.01. The first-order chi connectivity index (χ1) is 10.1. The van der Waals surface area contributed by atoms with Gasteiger partial charge in [0.05, 0.1) is 26.4 Å². The summed E-state index contributed by atoms with van der Waals surface area (Å²) in [6.07, 6.45) is 0. The summed E-state index contributed by atoms with van der Waals surface area (Å²) < 4.78 is 1.52. The van der Waals surface area contributed by atoms with Gasteiger partial charge in [0.25, 0.3) is 0 Å². The number of rotatable bonds is 2. The fourth-order valence-corrected chi connectivity index (χ4v) is 2.44. The van der Waals surface area contributed by atoms with E-state index in [0.29, 0.717) is 37.8 Å². The van der Waals surface area contributed by atoms with Gasteiger partial charge in [0, 0.05) is 5.56 Å². The summed E-state index contributed by atoms with van der Waals surface area (Å²) in [5, 5.41) is 12.8. The largest absolute Gasteiger partial charge is 0.397 e. The highest BCUT2D eigenvalue weighted by molar-refractivity contribution is 6.43. The highest BCUT2D eigenvalue weighted by Crippen LogP contribution is 2.34. The molecule has 0 bridgehead atoms. The normalized spacial score (nSPS) is 10.8. The Morgan fingerprint density at radius 2 is 1.76 bits per heavy atom. The molecule has 0 spiro atoms. The van der Waals surface area contributed by atoms with E-state index in [-0.39, 0.29) is 0 Å². The zero-order chi connectivity index (χ0) is 15.0. The van der Waals surface area contributed by atoms with Crippen molar-refractivity contribution in [3.05, 3.63) is 51.5 Å². The minimum Gasteiger partial charge on any atom is -0.397 e. The molecule has 0 aliphatic rings. The highest BCUT2D eigenvalue weighted by Gasteiger charge is 2.15. The van der Waals surface area contributed by atoms with Gasteiger partial charge in [-0.25, -0.2) is 0 Å². The first kappa shape index (κ1) is 14.1. The Bertz CT molecular complexity index is 792. The average molecular weight is 341 g/mol. The zero-order valence-electron chi connectivity index (χ0n) is 10.5. The second-order valence-corrected chi connectivity index (χ2v) is 5.42. The number of hydrogen-bond acceptors (Lipinski definition) is 4. The third kappa shape index (κ3) is 2.55. The molecular weight excluding hydrogens is 333 g/mol. The van der Waals surface area contributed by atoms with E-state index >= 15 is 0 Å². The van der Waals surface area contributed by atoms with Crippen molar-refractivity contribution in [3.8, 4) is 17.1 Å². The molecule has 1 heterocycles. The molecule has 0 saturated carbocycles. The van der Waals surface area contributed by atoms with Gasteiger partial charge in [-0.2, -0.15) is 4.68 Å². The Labute approximate surface area is 135 Å². The Kier molecular flexibility index (Phi) is 3.71. The number of tetrazole rings is 1. The molecule has 8 heteroatoms. The molecule has 0 radical (unpaired) electrons. The van der Waals surface area contributed by atoms with Gasteiger partial charge < -0.3 is 5.73 Å². The molecule has 3 aromatic rings. The number of anilines is 1. The Morgan fingerprint density at radius 1 is 1.00 bits per heavy atom. The third-order valence-corrected chi connectivity index (χ3v) is 4.00. The Morgan fingerprint density at radius 3 is 2.48 bits per heavy atom. The van der Waals surface area contributed by atoms with Crippen molar-refractivity contribution in [1.29, 1.82) is 0 Å². The van der Waals surface area contributed by atoms with Crippen molar-refractivity contribution in [2.75, 3.05) is 5.73 Å². The van der Waals surface area contributed by atoms with Crippen LogP contribution in [0.15, 0.2) is 36.4 Å². The fraction of sp³-hybridized carbons (Fsp3) is 0. The second kappa shape index (κ2) is 5.52. The van der Waals surface area contributed by atoms with Gasteiger partial charge in [0.2, 0.25) is 0 Å². The summed E-state index contributed by atoms with van der Waals surface area (Å²) in [6.45, 7) is 0. The van der Waals surface area contributed by atoms with Gasteiger partial charge >= 0.3 is 0 Å². The van der Waals surface area contributed by atoms with Gasteiger partial charge in [-0.3, -0.25) is 0 Å². The van der Waals surface area contributed by atoms with Crippen LogP contribution in [0.3, 0.4) is 0 Å². The summed E-state index contributed by atoms with van der Waals surface area (Å²) in [5.74, 6) is 0.466. The molecule has 0 atom stereocenters. The number of para-hydroxylation sites is 1. The van der Waals surface area contributed by atoms with E-state index in [1.165, 1.54) is 4.68 Å². The van der Waals surface area contributed by atoms with E-state index in [1.807, 2.05) is 18.2 Å². The quantitative estimate of drug-likeness (QED) is 0.719. The van der Waals surface area contributed by atoms with Crippen LogP contribution in [0.25, 0.3) is 17.1 Å². The topological polar surface area (TPSA) is 69.6 Å². The fourth-order valence-electron chi connectivity index (χ4n) is 1.89. The maximum atomic E-state index is 6.17. The number of nitrogens with two attached hydrogens (primary N) is 1. The molecule has 0 aliphatic heterocycles. The zero-order valence-corrected chi connectivity index (χ0v) is 12.7. The Hall–Kier alpha value is -1.82. The van der Waals surface area contributed by atoms with Gasteiger partial charge in [-0.1, -0.05) is 46.9 Å². The van der Waals surface area contributed by atoms with Gasteiger partial charge in [-0.15, -0.1) is 5.10 Å². The number of aromatic nitrogens is 4. The van der Waals surface area contributed by atoms with Gasteiger partial charge in [-0.05, 0) is 34.7 Å². The van der Waals surface area contributed by atoms with Crippen LogP contribution < -0.4 is 5.73 Å². The SMILES string of the molecule is Nc1cc(-c2nnnn2-c2ccccc2Cl)cc(Cl)c1Cl. The molecule has 5 nitrogen and oxygen atoms in total. The number of nitrogens with zero attached hydrogens (tertiary/aromatic N) is 4. The average Bonchev–Trinajstić information content (AvgIpc) is 2.94. The van der Waals surface area contributed by atoms with E-state index < -0.39 is 0 Å². The van der Waals surface area contributed by atoms with Crippen LogP contribution in [0.2, 0.25) is 15.1 Å².